The molecule has 2 N–H and O–H groups in total. The van der Waals surface area contributed by atoms with Gasteiger partial charge in [-0.3, -0.25) is 0 Å². The van der Waals surface area contributed by atoms with E-state index in [0.717, 1.165) is 29.4 Å². The molecule has 1 aromatic rings. The number of aliphatic hydroxyl groups is 1. The number of aliphatic hydroxyl groups excluding tert-OH is 1. The van der Waals surface area contributed by atoms with Crippen LogP contribution in [0.4, 0.5) is 0 Å². The first kappa shape index (κ1) is 15.6. The number of hydrogen-bond acceptors (Lipinski definition) is 4. The van der Waals surface area contributed by atoms with E-state index >= 15 is 0 Å². The molecule has 1 saturated heterocycles. The summed E-state index contributed by atoms with van der Waals surface area (Å²) in [6.07, 6.45) is 1.56. The lowest BCUT2D eigenvalue weighted by Gasteiger charge is -2.22. The predicted octanol–water partition coefficient (Wildman–Crippen LogP) is 3.03. The Labute approximate surface area is 128 Å². The van der Waals surface area contributed by atoms with Crippen molar-refractivity contribution in [3.8, 4) is 11.5 Å². The summed E-state index contributed by atoms with van der Waals surface area (Å²) in [5, 5.41) is 13.9. The molecular formula is C15H22BrNO3. The molecule has 2 rings (SSSR count). The van der Waals surface area contributed by atoms with Crippen molar-refractivity contribution in [3.63, 3.8) is 0 Å². The van der Waals surface area contributed by atoms with Crippen LogP contribution in [0.3, 0.4) is 0 Å². The first-order chi connectivity index (χ1) is 9.67. The van der Waals surface area contributed by atoms with Gasteiger partial charge in [0.05, 0.1) is 19.3 Å². The van der Waals surface area contributed by atoms with Gasteiger partial charge in [0.15, 0.2) is 11.5 Å². The maximum atomic E-state index is 10.5. The fourth-order valence-electron chi connectivity index (χ4n) is 2.51. The third-order valence-electron chi connectivity index (χ3n) is 3.46. The Bertz CT molecular complexity index is 447. The number of hydrogen-bond donors (Lipinski definition) is 2. The van der Waals surface area contributed by atoms with E-state index < -0.39 is 6.10 Å². The van der Waals surface area contributed by atoms with Crippen molar-refractivity contribution in [3.05, 3.63) is 22.2 Å². The maximum Gasteiger partial charge on any atom is 0.162 e. The van der Waals surface area contributed by atoms with Gasteiger partial charge in [0.1, 0.15) is 0 Å². The van der Waals surface area contributed by atoms with Crippen molar-refractivity contribution >= 4 is 15.9 Å². The van der Waals surface area contributed by atoms with E-state index in [1.165, 1.54) is 0 Å². The molecule has 2 unspecified atom stereocenters. The Morgan fingerprint density at radius 1 is 1.30 bits per heavy atom. The van der Waals surface area contributed by atoms with E-state index in [1.807, 2.05) is 26.0 Å². The zero-order valence-electron chi connectivity index (χ0n) is 12.0. The van der Waals surface area contributed by atoms with E-state index in [0.29, 0.717) is 24.7 Å². The van der Waals surface area contributed by atoms with Crippen LogP contribution in [0.1, 0.15) is 38.4 Å². The van der Waals surface area contributed by atoms with Gasteiger partial charge in [-0.2, -0.15) is 0 Å². The van der Waals surface area contributed by atoms with E-state index in [9.17, 15) is 5.11 Å². The van der Waals surface area contributed by atoms with Crippen LogP contribution in [0, 0.1) is 0 Å². The van der Waals surface area contributed by atoms with Crippen LogP contribution in [-0.4, -0.2) is 30.9 Å². The first-order valence-corrected chi connectivity index (χ1v) is 7.97. The fraction of sp³-hybridized carbons (Fsp3) is 0.600. The molecule has 0 saturated carbocycles. The standard InChI is InChI=1S/C15H22BrNO3/c1-3-19-13-8-10(11(16)9-14(13)20-4-2)15(18)12-6-5-7-17-12/h8-9,12,15,17-18H,3-7H2,1-2H3. The number of rotatable bonds is 6. The van der Waals surface area contributed by atoms with E-state index in [4.69, 9.17) is 9.47 Å². The molecular weight excluding hydrogens is 322 g/mol. The molecule has 0 radical (unpaired) electrons. The van der Waals surface area contributed by atoms with Crippen LogP contribution in [0.25, 0.3) is 0 Å². The molecule has 1 aliphatic rings. The van der Waals surface area contributed by atoms with Crippen molar-refractivity contribution < 1.29 is 14.6 Å². The number of ether oxygens (including phenoxy) is 2. The van der Waals surface area contributed by atoms with Crippen LogP contribution >= 0.6 is 15.9 Å². The van der Waals surface area contributed by atoms with Gasteiger partial charge < -0.3 is 19.9 Å². The summed E-state index contributed by atoms with van der Waals surface area (Å²) in [5.74, 6) is 1.39. The third-order valence-corrected chi connectivity index (χ3v) is 4.15. The van der Waals surface area contributed by atoms with Gasteiger partial charge in [-0.25, -0.2) is 0 Å². The predicted molar refractivity (Wildman–Crippen MR) is 82.5 cm³/mol. The summed E-state index contributed by atoms with van der Waals surface area (Å²) in [7, 11) is 0. The van der Waals surface area contributed by atoms with Crippen LogP contribution in [-0.2, 0) is 0 Å². The molecule has 1 fully saturated rings. The molecule has 1 heterocycles. The van der Waals surface area contributed by atoms with Gasteiger partial charge in [0.2, 0.25) is 0 Å². The minimum Gasteiger partial charge on any atom is -0.490 e. The highest BCUT2D eigenvalue weighted by Crippen LogP contribution is 2.38. The Morgan fingerprint density at radius 2 is 1.95 bits per heavy atom. The topological polar surface area (TPSA) is 50.7 Å². The number of nitrogens with one attached hydrogen (secondary N) is 1. The molecule has 0 aliphatic carbocycles. The van der Waals surface area contributed by atoms with Gasteiger partial charge in [-0.15, -0.1) is 0 Å². The van der Waals surface area contributed by atoms with Gasteiger partial charge in [0, 0.05) is 16.1 Å². The highest BCUT2D eigenvalue weighted by Gasteiger charge is 2.26. The minimum absolute atomic E-state index is 0.110. The smallest absolute Gasteiger partial charge is 0.162 e. The molecule has 5 heteroatoms. The summed E-state index contributed by atoms with van der Waals surface area (Å²) < 4.78 is 12.1. The van der Waals surface area contributed by atoms with Crippen molar-refractivity contribution in [2.45, 2.75) is 38.8 Å². The Kier molecular flexibility index (Phi) is 5.69. The van der Waals surface area contributed by atoms with E-state index in [1.54, 1.807) is 0 Å². The Morgan fingerprint density at radius 3 is 2.50 bits per heavy atom. The Balaban J connectivity index is 2.29. The lowest BCUT2D eigenvalue weighted by Crippen LogP contribution is -2.29. The lowest BCUT2D eigenvalue weighted by atomic mass is 10.0. The fourth-order valence-corrected chi connectivity index (χ4v) is 3.07. The number of benzene rings is 1. The highest BCUT2D eigenvalue weighted by atomic mass is 79.9. The van der Waals surface area contributed by atoms with Gasteiger partial charge in [-0.1, -0.05) is 15.9 Å². The lowest BCUT2D eigenvalue weighted by molar-refractivity contribution is 0.136. The second kappa shape index (κ2) is 7.29. The summed E-state index contributed by atoms with van der Waals surface area (Å²) in [6.45, 7) is 5.99. The quantitative estimate of drug-likeness (QED) is 0.833. The zero-order chi connectivity index (χ0) is 14.5. The van der Waals surface area contributed by atoms with Gasteiger partial charge >= 0.3 is 0 Å². The SMILES string of the molecule is CCOc1cc(Br)c(C(O)C2CCCN2)cc1OCC. The molecule has 1 aromatic carbocycles. The zero-order valence-corrected chi connectivity index (χ0v) is 13.6. The number of halogens is 1. The summed E-state index contributed by atoms with van der Waals surface area (Å²) in [6, 6.07) is 3.87. The summed E-state index contributed by atoms with van der Waals surface area (Å²) in [5.41, 5.74) is 0.844. The average Bonchev–Trinajstić information content (AvgIpc) is 2.95. The van der Waals surface area contributed by atoms with Crippen molar-refractivity contribution in [1.29, 1.82) is 0 Å². The van der Waals surface area contributed by atoms with Gasteiger partial charge in [0.25, 0.3) is 0 Å². The molecule has 0 spiro atoms. The third kappa shape index (κ3) is 3.45. The highest BCUT2D eigenvalue weighted by molar-refractivity contribution is 9.10. The molecule has 0 amide bonds. The molecule has 4 nitrogen and oxygen atoms in total. The molecule has 1 aliphatic heterocycles. The molecule has 0 bridgehead atoms. The van der Waals surface area contributed by atoms with E-state index in [-0.39, 0.29) is 6.04 Å². The maximum absolute atomic E-state index is 10.5. The Hall–Kier alpha value is -0.780. The minimum atomic E-state index is -0.540. The molecule has 0 aromatic heterocycles. The van der Waals surface area contributed by atoms with Crippen LogP contribution < -0.4 is 14.8 Å². The van der Waals surface area contributed by atoms with Crippen LogP contribution in [0.5, 0.6) is 11.5 Å². The second-order valence-corrected chi connectivity index (χ2v) is 5.69. The average molecular weight is 344 g/mol. The van der Waals surface area contributed by atoms with Crippen molar-refractivity contribution in [1.82, 2.24) is 5.32 Å². The molecule has 112 valence electrons. The normalized spacial score (nSPS) is 19.9. The monoisotopic (exact) mass is 343 g/mol. The van der Waals surface area contributed by atoms with Crippen molar-refractivity contribution in [2.75, 3.05) is 19.8 Å². The first-order valence-electron chi connectivity index (χ1n) is 7.17. The van der Waals surface area contributed by atoms with Gasteiger partial charge in [-0.05, 0) is 45.4 Å². The molecule has 2 atom stereocenters. The second-order valence-electron chi connectivity index (χ2n) is 4.83. The van der Waals surface area contributed by atoms with E-state index in [2.05, 4.69) is 21.2 Å². The summed E-state index contributed by atoms with van der Waals surface area (Å²) >= 11 is 3.53. The van der Waals surface area contributed by atoms with Crippen molar-refractivity contribution in [2.24, 2.45) is 0 Å². The largest absolute Gasteiger partial charge is 0.490 e. The molecule has 20 heavy (non-hydrogen) atoms. The van der Waals surface area contributed by atoms with Crippen LogP contribution in [0.15, 0.2) is 16.6 Å². The van der Waals surface area contributed by atoms with Crippen LogP contribution in [0.2, 0.25) is 0 Å². The summed E-state index contributed by atoms with van der Waals surface area (Å²) in [4.78, 5) is 0.